The Kier molecular flexibility index (Phi) is 4.02. The molecule has 0 radical (unpaired) electrons. The molecule has 0 amide bonds. The number of carboxylic acid groups (broad SMARTS) is 1. The Labute approximate surface area is 112 Å². The van der Waals surface area contributed by atoms with Gasteiger partial charge in [-0.25, -0.2) is 4.79 Å². The first-order valence-electron chi connectivity index (χ1n) is 6.18. The van der Waals surface area contributed by atoms with Crippen molar-refractivity contribution in [2.24, 2.45) is 0 Å². The predicted molar refractivity (Wildman–Crippen MR) is 72.1 cm³/mol. The number of nitrogens with one attached hydrogen (secondary N) is 1. The van der Waals surface area contributed by atoms with Crippen molar-refractivity contribution >= 4 is 5.97 Å². The molecular weight excluding hydrogens is 242 g/mol. The first-order chi connectivity index (χ1) is 9.09. The summed E-state index contributed by atoms with van der Waals surface area (Å²) in [6.45, 7) is 4.59. The van der Waals surface area contributed by atoms with Gasteiger partial charge in [-0.15, -0.1) is 0 Å². The van der Waals surface area contributed by atoms with Gasteiger partial charge >= 0.3 is 5.97 Å². The summed E-state index contributed by atoms with van der Waals surface area (Å²) >= 11 is 0. The monoisotopic (exact) mass is 259 g/mol. The fraction of sp³-hybridized carbons (Fsp3) is 0.267. The van der Waals surface area contributed by atoms with Gasteiger partial charge in [-0.1, -0.05) is 24.3 Å². The Morgan fingerprint density at radius 3 is 2.79 bits per heavy atom. The highest BCUT2D eigenvalue weighted by Gasteiger charge is 2.15. The number of aromatic carboxylic acids is 1. The number of aryl methyl sites for hydroxylation is 1. The zero-order valence-corrected chi connectivity index (χ0v) is 11.0. The predicted octanol–water partition coefficient (Wildman–Crippen LogP) is 3.14. The molecule has 19 heavy (non-hydrogen) atoms. The van der Waals surface area contributed by atoms with Crippen molar-refractivity contribution in [3.8, 4) is 0 Å². The smallest absolute Gasteiger partial charge is 0.372 e. The molecule has 2 aromatic rings. The van der Waals surface area contributed by atoms with Crippen LogP contribution in [0.25, 0.3) is 0 Å². The summed E-state index contributed by atoms with van der Waals surface area (Å²) in [5, 5.41) is 12.3. The van der Waals surface area contributed by atoms with Gasteiger partial charge in [0.15, 0.2) is 0 Å². The molecule has 4 nitrogen and oxygen atoms in total. The first-order valence-corrected chi connectivity index (χ1v) is 6.18. The summed E-state index contributed by atoms with van der Waals surface area (Å²) < 4.78 is 4.95. The molecule has 0 saturated carbocycles. The normalized spacial score (nSPS) is 12.3. The Hall–Kier alpha value is -2.07. The first kappa shape index (κ1) is 13.4. The fourth-order valence-electron chi connectivity index (χ4n) is 2.11. The molecule has 0 aliphatic carbocycles. The van der Waals surface area contributed by atoms with E-state index in [0.29, 0.717) is 12.1 Å². The largest absolute Gasteiger partial charge is 0.475 e. The third kappa shape index (κ3) is 3.03. The van der Waals surface area contributed by atoms with Crippen LogP contribution in [0.4, 0.5) is 0 Å². The van der Waals surface area contributed by atoms with Crippen LogP contribution < -0.4 is 5.32 Å². The van der Waals surface area contributed by atoms with E-state index in [9.17, 15) is 4.79 Å². The lowest BCUT2D eigenvalue weighted by atomic mass is 10.0. The summed E-state index contributed by atoms with van der Waals surface area (Å²) in [6, 6.07) is 9.97. The van der Waals surface area contributed by atoms with Crippen molar-refractivity contribution in [3.05, 3.63) is 59.0 Å². The minimum atomic E-state index is -1.04. The molecule has 0 bridgehead atoms. The molecule has 1 heterocycles. The summed E-state index contributed by atoms with van der Waals surface area (Å²) in [5.41, 5.74) is 3.09. The third-order valence-electron chi connectivity index (χ3n) is 3.19. The van der Waals surface area contributed by atoms with Gasteiger partial charge in [0.2, 0.25) is 5.76 Å². The van der Waals surface area contributed by atoms with Crippen molar-refractivity contribution < 1.29 is 14.3 Å². The highest BCUT2D eigenvalue weighted by atomic mass is 16.4. The van der Waals surface area contributed by atoms with Crippen LogP contribution in [0.1, 0.15) is 40.2 Å². The Morgan fingerprint density at radius 2 is 2.11 bits per heavy atom. The lowest BCUT2D eigenvalue weighted by Gasteiger charge is -2.16. The molecular formula is C15H17NO3. The minimum absolute atomic E-state index is 0.00415. The maximum atomic E-state index is 10.9. The van der Waals surface area contributed by atoms with Crippen LogP contribution in [0.2, 0.25) is 0 Å². The topological polar surface area (TPSA) is 62.5 Å². The van der Waals surface area contributed by atoms with E-state index in [2.05, 4.69) is 31.3 Å². The highest BCUT2D eigenvalue weighted by molar-refractivity contribution is 5.86. The number of carboxylic acids is 1. The van der Waals surface area contributed by atoms with E-state index >= 15 is 0 Å². The van der Waals surface area contributed by atoms with Crippen molar-refractivity contribution in [1.82, 2.24) is 5.32 Å². The molecule has 0 spiro atoms. The molecule has 0 aliphatic rings. The molecule has 2 N–H and O–H groups in total. The number of carbonyl (C=O) groups is 1. The van der Waals surface area contributed by atoms with Gasteiger partial charge in [0.1, 0.15) is 0 Å². The lowest BCUT2D eigenvalue weighted by Crippen LogP contribution is -2.19. The van der Waals surface area contributed by atoms with Crippen LogP contribution >= 0.6 is 0 Å². The standard InChI is InChI=1S/C15H17NO3/c1-10-5-3-4-6-13(10)11(2)16-9-12-7-8-19-14(12)15(17)18/h3-8,11,16H,9H2,1-2H3,(H,17,18)/t11-/m1/s1. The summed E-state index contributed by atoms with van der Waals surface area (Å²) in [6.07, 6.45) is 1.40. The molecule has 0 fully saturated rings. The van der Waals surface area contributed by atoms with E-state index in [1.165, 1.54) is 17.4 Å². The van der Waals surface area contributed by atoms with Gasteiger partial charge in [-0.3, -0.25) is 0 Å². The van der Waals surface area contributed by atoms with Crippen molar-refractivity contribution in [1.29, 1.82) is 0 Å². The molecule has 100 valence electrons. The number of benzene rings is 1. The quantitative estimate of drug-likeness (QED) is 0.866. The molecule has 1 aromatic carbocycles. The zero-order chi connectivity index (χ0) is 13.8. The van der Waals surface area contributed by atoms with Gasteiger partial charge < -0.3 is 14.8 Å². The van der Waals surface area contributed by atoms with Crippen LogP contribution in [0.5, 0.6) is 0 Å². The molecule has 2 rings (SSSR count). The molecule has 0 unspecified atom stereocenters. The Balaban J connectivity index is 2.05. The molecule has 0 aliphatic heterocycles. The van der Waals surface area contributed by atoms with Gasteiger partial charge in [0, 0.05) is 18.2 Å². The van der Waals surface area contributed by atoms with E-state index in [4.69, 9.17) is 9.52 Å². The Morgan fingerprint density at radius 1 is 1.37 bits per heavy atom. The van der Waals surface area contributed by atoms with E-state index in [1.807, 2.05) is 12.1 Å². The van der Waals surface area contributed by atoms with Gasteiger partial charge in [0.05, 0.1) is 6.26 Å². The zero-order valence-electron chi connectivity index (χ0n) is 11.0. The second kappa shape index (κ2) is 5.71. The van der Waals surface area contributed by atoms with Crippen LogP contribution in [0, 0.1) is 6.92 Å². The summed E-state index contributed by atoms with van der Waals surface area (Å²) in [4.78, 5) is 10.9. The highest BCUT2D eigenvalue weighted by Crippen LogP contribution is 2.18. The minimum Gasteiger partial charge on any atom is -0.475 e. The molecule has 4 heteroatoms. The average Bonchev–Trinajstić information content (AvgIpc) is 2.85. The van der Waals surface area contributed by atoms with Crippen LogP contribution in [-0.4, -0.2) is 11.1 Å². The summed E-state index contributed by atoms with van der Waals surface area (Å²) in [5.74, 6) is -1.03. The molecule has 1 aromatic heterocycles. The SMILES string of the molecule is Cc1ccccc1[C@@H](C)NCc1ccoc1C(=O)O. The van der Waals surface area contributed by atoms with Crippen molar-refractivity contribution in [3.63, 3.8) is 0 Å². The fourth-order valence-corrected chi connectivity index (χ4v) is 2.11. The number of hydrogen-bond acceptors (Lipinski definition) is 3. The van der Waals surface area contributed by atoms with Crippen LogP contribution in [0.3, 0.4) is 0 Å². The average molecular weight is 259 g/mol. The number of rotatable bonds is 5. The number of hydrogen-bond donors (Lipinski definition) is 2. The van der Waals surface area contributed by atoms with E-state index in [-0.39, 0.29) is 11.8 Å². The second-order valence-electron chi connectivity index (χ2n) is 4.54. The van der Waals surface area contributed by atoms with Crippen LogP contribution in [0.15, 0.2) is 41.0 Å². The maximum absolute atomic E-state index is 10.9. The van der Waals surface area contributed by atoms with E-state index in [1.54, 1.807) is 6.07 Å². The van der Waals surface area contributed by atoms with Gasteiger partial charge in [-0.2, -0.15) is 0 Å². The second-order valence-corrected chi connectivity index (χ2v) is 4.54. The lowest BCUT2D eigenvalue weighted by molar-refractivity contribution is 0.0660. The third-order valence-corrected chi connectivity index (χ3v) is 3.19. The molecule has 0 saturated heterocycles. The Bertz CT molecular complexity index is 574. The van der Waals surface area contributed by atoms with Gasteiger partial charge in [-0.05, 0) is 31.0 Å². The van der Waals surface area contributed by atoms with E-state index in [0.717, 1.165) is 0 Å². The van der Waals surface area contributed by atoms with Crippen molar-refractivity contribution in [2.45, 2.75) is 26.4 Å². The van der Waals surface area contributed by atoms with Crippen molar-refractivity contribution in [2.75, 3.05) is 0 Å². The van der Waals surface area contributed by atoms with Gasteiger partial charge in [0.25, 0.3) is 0 Å². The maximum Gasteiger partial charge on any atom is 0.372 e. The van der Waals surface area contributed by atoms with Crippen LogP contribution in [-0.2, 0) is 6.54 Å². The molecule has 1 atom stereocenters. The number of furan rings is 1. The summed E-state index contributed by atoms with van der Waals surface area (Å²) in [7, 11) is 0. The van der Waals surface area contributed by atoms with E-state index < -0.39 is 5.97 Å².